The Bertz CT molecular complexity index is 505. The number of hydrogen-bond donors (Lipinski definition) is 2. The molecule has 1 aliphatic rings. The Labute approximate surface area is 131 Å². The van der Waals surface area contributed by atoms with Crippen molar-refractivity contribution in [1.29, 1.82) is 0 Å². The van der Waals surface area contributed by atoms with E-state index in [1.807, 2.05) is 6.92 Å². The van der Waals surface area contributed by atoms with Crippen LogP contribution in [0.2, 0.25) is 0 Å². The largest absolute Gasteiger partial charge is 0.348 e. The lowest BCUT2D eigenvalue weighted by Gasteiger charge is -2.30. The minimum absolute atomic E-state index is 0. The predicted octanol–water partition coefficient (Wildman–Crippen LogP) is 3.26. The first kappa shape index (κ1) is 17.9. The summed E-state index contributed by atoms with van der Waals surface area (Å²) in [6.07, 6.45) is 4.23. The zero-order valence-electron chi connectivity index (χ0n) is 12.6. The van der Waals surface area contributed by atoms with Crippen molar-refractivity contribution < 1.29 is 9.18 Å². The van der Waals surface area contributed by atoms with Crippen LogP contribution in [0, 0.1) is 5.82 Å². The summed E-state index contributed by atoms with van der Waals surface area (Å²) in [6, 6.07) is 4.76. The van der Waals surface area contributed by atoms with Gasteiger partial charge in [0.05, 0.1) is 11.6 Å². The Morgan fingerprint density at radius 3 is 2.90 bits per heavy atom. The highest BCUT2D eigenvalue weighted by Crippen LogP contribution is 2.30. The molecule has 3 N–H and O–H groups in total. The molecule has 2 rings (SSSR count). The summed E-state index contributed by atoms with van der Waals surface area (Å²) in [5.74, 6) is -0.341. The van der Waals surface area contributed by atoms with E-state index < -0.39 is 5.54 Å². The van der Waals surface area contributed by atoms with Crippen molar-refractivity contribution in [3.63, 3.8) is 0 Å². The molecule has 2 unspecified atom stereocenters. The van der Waals surface area contributed by atoms with Crippen LogP contribution in [0.1, 0.15) is 56.7 Å². The average molecular weight is 315 g/mol. The molecule has 118 valence electrons. The molecule has 0 aliphatic heterocycles. The fourth-order valence-electron chi connectivity index (χ4n) is 2.89. The van der Waals surface area contributed by atoms with Gasteiger partial charge in [0.2, 0.25) is 5.91 Å². The minimum Gasteiger partial charge on any atom is -0.348 e. The summed E-state index contributed by atoms with van der Waals surface area (Å²) in [5, 5.41) is 3.03. The number of nitrogens with one attached hydrogen (secondary N) is 1. The maximum Gasteiger partial charge on any atom is 0.240 e. The molecule has 3 nitrogen and oxygen atoms in total. The molecule has 0 saturated carbocycles. The SMILES string of the molecule is CCCC(C)(N)C(=O)NC1CCCc2cc(F)ccc21.Cl. The number of nitrogens with two attached hydrogens (primary N) is 1. The maximum absolute atomic E-state index is 13.3. The van der Waals surface area contributed by atoms with Crippen LogP contribution in [-0.2, 0) is 11.2 Å². The van der Waals surface area contributed by atoms with E-state index in [-0.39, 0.29) is 30.2 Å². The van der Waals surface area contributed by atoms with Gasteiger partial charge in [-0.2, -0.15) is 0 Å². The Kier molecular flexibility index (Phi) is 6.17. The number of hydrogen-bond acceptors (Lipinski definition) is 2. The van der Waals surface area contributed by atoms with Crippen molar-refractivity contribution in [3.05, 3.63) is 35.1 Å². The van der Waals surface area contributed by atoms with Gasteiger partial charge in [-0.15, -0.1) is 12.4 Å². The summed E-state index contributed by atoms with van der Waals surface area (Å²) in [5.41, 5.74) is 7.24. The van der Waals surface area contributed by atoms with Crippen LogP contribution in [0.25, 0.3) is 0 Å². The molecule has 0 radical (unpaired) electrons. The summed E-state index contributed by atoms with van der Waals surface area (Å²) in [4.78, 5) is 12.3. The third-order valence-corrected chi connectivity index (χ3v) is 4.01. The van der Waals surface area contributed by atoms with Crippen molar-refractivity contribution in [2.75, 3.05) is 0 Å². The molecule has 1 amide bonds. The van der Waals surface area contributed by atoms with Gasteiger partial charge in [-0.3, -0.25) is 4.79 Å². The van der Waals surface area contributed by atoms with Gasteiger partial charge in [-0.25, -0.2) is 4.39 Å². The monoisotopic (exact) mass is 314 g/mol. The second kappa shape index (κ2) is 7.23. The molecule has 0 bridgehead atoms. The van der Waals surface area contributed by atoms with Crippen molar-refractivity contribution >= 4 is 18.3 Å². The molecule has 1 aromatic rings. The van der Waals surface area contributed by atoms with E-state index in [0.29, 0.717) is 6.42 Å². The van der Waals surface area contributed by atoms with Crippen molar-refractivity contribution in [2.24, 2.45) is 5.73 Å². The Balaban J connectivity index is 0.00000220. The van der Waals surface area contributed by atoms with E-state index in [4.69, 9.17) is 5.73 Å². The summed E-state index contributed by atoms with van der Waals surface area (Å²) < 4.78 is 13.3. The minimum atomic E-state index is -0.841. The molecule has 2 atom stereocenters. The van der Waals surface area contributed by atoms with Crippen molar-refractivity contribution in [2.45, 2.75) is 57.5 Å². The van der Waals surface area contributed by atoms with Gasteiger partial charge >= 0.3 is 0 Å². The highest BCUT2D eigenvalue weighted by molar-refractivity contribution is 5.86. The van der Waals surface area contributed by atoms with Crippen LogP contribution in [0.4, 0.5) is 4.39 Å². The lowest BCUT2D eigenvalue weighted by atomic mass is 9.86. The smallest absolute Gasteiger partial charge is 0.240 e. The maximum atomic E-state index is 13.3. The number of aryl methyl sites for hydroxylation is 1. The quantitative estimate of drug-likeness (QED) is 0.896. The van der Waals surface area contributed by atoms with Gasteiger partial charge in [-0.1, -0.05) is 19.4 Å². The second-order valence-corrected chi connectivity index (χ2v) is 5.93. The first-order chi connectivity index (χ1) is 9.44. The van der Waals surface area contributed by atoms with Gasteiger partial charge in [0, 0.05) is 0 Å². The van der Waals surface area contributed by atoms with Crippen LogP contribution in [0.3, 0.4) is 0 Å². The van der Waals surface area contributed by atoms with Crippen LogP contribution in [-0.4, -0.2) is 11.4 Å². The normalized spacial score (nSPS) is 19.9. The first-order valence-corrected chi connectivity index (χ1v) is 7.32. The topological polar surface area (TPSA) is 55.1 Å². The zero-order valence-corrected chi connectivity index (χ0v) is 13.4. The van der Waals surface area contributed by atoms with Crippen LogP contribution < -0.4 is 11.1 Å². The Morgan fingerprint density at radius 1 is 1.52 bits per heavy atom. The lowest BCUT2D eigenvalue weighted by molar-refractivity contribution is -0.126. The van der Waals surface area contributed by atoms with Gasteiger partial charge in [0.1, 0.15) is 5.82 Å². The number of amides is 1. The highest BCUT2D eigenvalue weighted by atomic mass is 35.5. The number of halogens is 2. The number of rotatable bonds is 4. The molecule has 0 saturated heterocycles. The van der Waals surface area contributed by atoms with Crippen LogP contribution >= 0.6 is 12.4 Å². The van der Waals surface area contributed by atoms with Gasteiger partial charge < -0.3 is 11.1 Å². The second-order valence-electron chi connectivity index (χ2n) is 5.93. The van der Waals surface area contributed by atoms with Gasteiger partial charge in [0.25, 0.3) is 0 Å². The number of fused-ring (bicyclic) bond motifs is 1. The van der Waals surface area contributed by atoms with Crippen LogP contribution in [0.5, 0.6) is 0 Å². The molecule has 0 aromatic heterocycles. The molecular formula is C16H24ClFN2O. The third-order valence-electron chi connectivity index (χ3n) is 4.01. The van der Waals surface area contributed by atoms with Crippen molar-refractivity contribution in [1.82, 2.24) is 5.32 Å². The van der Waals surface area contributed by atoms with Crippen LogP contribution in [0.15, 0.2) is 18.2 Å². The molecule has 21 heavy (non-hydrogen) atoms. The molecule has 1 aliphatic carbocycles. The third kappa shape index (κ3) is 4.17. The zero-order chi connectivity index (χ0) is 14.8. The summed E-state index contributed by atoms with van der Waals surface area (Å²) in [6.45, 7) is 3.78. The Morgan fingerprint density at radius 2 is 2.24 bits per heavy atom. The lowest BCUT2D eigenvalue weighted by Crippen LogP contribution is -2.52. The fourth-order valence-corrected chi connectivity index (χ4v) is 2.89. The highest BCUT2D eigenvalue weighted by Gasteiger charge is 2.30. The van der Waals surface area contributed by atoms with Gasteiger partial charge in [0.15, 0.2) is 0 Å². The standard InChI is InChI=1S/C16H23FN2O.ClH/c1-3-9-16(2,18)15(20)19-14-6-4-5-11-10-12(17)7-8-13(11)14;/h7-8,10,14H,3-6,9,18H2,1-2H3,(H,19,20);1H. The van der Waals surface area contributed by atoms with Crippen molar-refractivity contribution in [3.8, 4) is 0 Å². The fraction of sp³-hybridized carbons (Fsp3) is 0.562. The van der Waals surface area contributed by atoms with E-state index >= 15 is 0 Å². The molecule has 0 heterocycles. The number of carbonyl (C=O) groups is 1. The van der Waals surface area contributed by atoms with E-state index in [0.717, 1.165) is 36.8 Å². The van der Waals surface area contributed by atoms with E-state index in [1.165, 1.54) is 6.07 Å². The van der Waals surface area contributed by atoms with E-state index in [9.17, 15) is 9.18 Å². The molecule has 1 aromatic carbocycles. The molecule has 0 spiro atoms. The summed E-state index contributed by atoms with van der Waals surface area (Å²) >= 11 is 0. The van der Waals surface area contributed by atoms with E-state index in [1.54, 1.807) is 19.1 Å². The number of benzene rings is 1. The molecular weight excluding hydrogens is 291 g/mol. The van der Waals surface area contributed by atoms with E-state index in [2.05, 4.69) is 5.32 Å². The molecule has 0 fully saturated rings. The first-order valence-electron chi connectivity index (χ1n) is 7.32. The Hall–Kier alpha value is -1.13. The summed E-state index contributed by atoms with van der Waals surface area (Å²) in [7, 11) is 0. The number of carbonyl (C=O) groups excluding carboxylic acids is 1. The van der Waals surface area contributed by atoms with Gasteiger partial charge in [-0.05, 0) is 55.9 Å². The average Bonchev–Trinajstić information content (AvgIpc) is 2.38. The molecule has 5 heteroatoms. The predicted molar refractivity (Wildman–Crippen MR) is 85.0 cm³/mol.